The molecular formula is C13H7F2N3O2. The third-order valence-corrected chi connectivity index (χ3v) is 2.59. The van der Waals surface area contributed by atoms with Gasteiger partial charge in [0.15, 0.2) is 11.6 Å². The zero-order chi connectivity index (χ0) is 14.1. The van der Waals surface area contributed by atoms with E-state index in [2.05, 4.69) is 15.0 Å². The minimum atomic E-state index is -1.05. The molecule has 0 aliphatic heterocycles. The Hall–Kier alpha value is -2.83. The van der Waals surface area contributed by atoms with Crippen LogP contribution < -0.4 is 10.3 Å². The Morgan fingerprint density at radius 3 is 2.80 bits per heavy atom. The number of pyridine rings is 1. The van der Waals surface area contributed by atoms with E-state index in [4.69, 9.17) is 4.74 Å². The predicted octanol–water partition coefficient (Wildman–Crippen LogP) is 2.39. The Labute approximate surface area is 110 Å². The van der Waals surface area contributed by atoms with Crippen LogP contribution in [0.1, 0.15) is 0 Å². The van der Waals surface area contributed by atoms with Crippen molar-refractivity contribution in [3.63, 3.8) is 0 Å². The molecule has 0 atom stereocenters. The van der Waals surface area contributed by atoms with Crippen LogP contribution in [0.2, 0.25) is 0 Å². The number of ether oxygens (including phenoxy) is 1. The Balaban J connectivity index is 2.02. The number of H-pyrrole nitrogens is 1. The molecule has 0 spiro atoms. The lowest BCUT2D eigenvalue weighted by Crippen LogP contribution is -2.09. The molecule has 0 fully saturated rings. The van der Waals surface area contributed by atoms with Crippen LogP contribution >= 0.6 is 0 Å². The first kappa shape index (κ1) is 12.2. The lowest BCUT2D eigenvalue weighted by atomic mass is 10.3. The zero-order valence-electron chi connectivity index (χ0n) is 9.93. The number of hydrogen-bond donors (Lipinski definition) is 1. The fourth-order valence-electron chi connectivity index (χ4n) is 1.67. The molecule has 2 aromatic heterocycles. The second kappa shape index (κ2) is 4.69. The van der Waals surface area contributed by atoms with Crippen molar-refractivity contribution < 1.29 is 13.5 Å². The van der Waals surface area contributed by atoms with Crippen molar-refractivity contribution in [3.8, 4) is 11.8 Å². The average molecular weight is 275 g/mol. The molecule has 0 bridgehead atoms. The van der Waals surface area contributed by atoms with Crippen LogP contribution in [0.3, 0.4) is 0 Å². The predicted molar refractivity (Wildman–Crippen MR) is 66.6 cm³/mol. The summed E-state index contributed by atoms with van der Waals surface area (Å²) in [5.74, 6) is -2.01. The third-order valence-electron chi connectivity index (χ3n) is 2.59. The summed E-state index contributed by atoms with van der Waals surface area (Å²) in [6, 6.07) is 4.41. The number of aromatic amines is 1. The third kappa shape index (κ3) is 2.20. The van der Waals surface area contributed by atoms with Crippen molar-refractivity contribution in [1.29, 1.82) is 0 Å². The maximum Gasteiger partial charge on any atom is 0.302 e. The highest BCUT2D eigenvalue weighted by molar-refractivity contribution is 5.76. The van der Waals surface area contributed by atoms with Gasteiger partial charge in [0.1, 0.15) is 5.75 Å². The first-order valence-electron chi connectivity index (χ1n) is 5.60. The van der Waals surface area contributed by atoms with Gasteiger partial charge in [0.2, 0.25) is 0 Å². The van der Waals surface area contributed by atoms with Gasteiger partial charge in [-0.1, -0.05) is 0 Å². The fraction of sp³-hybridized carbons (Fsp3) is 0. The first-order valence-corrected chi connectivity index (χ1v) is 5.60. The van der Waals surface area contributed by atoms with Gasteiger partial charge < -0.3 is 4.74 Å². The average Bonchev–Trinajstić information content (AvgIpc) is 2.43. The minimum absolute atomic E-state index is 0.0234. The van der Waals surface area contributed by atoms with Crippen LogP contribution in [-0.4, -0.2) is 15.0 Å². The van der Waals surface area contributed by atoms with Gasteiger partial charge in [-0.2, -0.15) is 4.98 Å². The number of nitrogens with zero attached hydrogens (tertiary/aromatic N) is 2. The van der Waals surface area contributed by atoms with E-state index in [1.54, 1.807) is 0 Å². The summed E-state index contributed by atoms with van der Waals surface area (Å²) in [6.45, 7) is 0. The van der Waals surface area contributed by atoms with E-state index in [1.165, 1.54) is 24.5 Å². The number of aromatic nitrogens is 3. The summed E-state index contributed by atoms with van der Waals surface area (Å²) in [5.41, 5.74) is -0.0659. The van der Waals surface area contributed by atoms with Crippen molar-refractivity contribution in [2.24, 2.45) is 0 Å². The number of benzene rings is 1. The zero-order valence-corrected chi connectivity index (χ0v) is 9.93. The molecule has 1 N–H and O–H groups in total. The molecule has 1 aromatic carbocycles. The SMILES string of the molecule is O=c1[nH]c(Oc2ccc(F)c(F)c2)nc2cnccc12. The molecule has 5 nitrogen and oxygen atoms in total. The molecule has 20 heavy (non-hydrogen) atoms. The molecule has 3 aromatic rings. The number of hydrogen-bond acceptors (Lipinski definition) is 4. The molecule has 0 aliphatic rings. The lowest BCUT2D eigenvalue weighted by Gasteiger charge is -2.05. The first-order chi connectivity index (χ1) is 9.63. The smallest absolute Gasteiger partial charge is 0.302 e. The summed E-state index contributed by atoms with van der Waals surface area (Å²) in [4.78, 5) is 22.0. The fourth-order valence-corrected chi connectivity index (χ4v) is 1.67. The summed E-state index contributed by atoms with van der Waals surface area (Å²) in [5, 5.41) is 0.359. The largest absolute Gasteiger partial charge is 0.425 e. The lowest BCUT2D eigenvalue weighted by molar-refractivity contribution is 0.431. The Kier molecular flexibility index (Phi) is 2.86. The maximum atomic E-state index is 13.1. The van der Waals surface area contributed by atoms with Crippen LogP contribution in [0.25, 0.3) is 10.9 Å². The van der Waals surface area contributed by atoms with E-state index in [1.807, 2.05) is 0 Å². The molecule has 7 heteroatoms. The molecule has 0 radical (unpaired) electrons. The molecule has 0 saturated heterocycles. The Bertz CT molecular complexity index is 848. The number of halogens is 2. The van der Waals surface area contributed by atoms with Crippen molar-refractivity contribution in [2.75, 3.05) is 0 Å². The van der Waals surface area contributed by atoms with Crippen LogP contribution in [0.15, 0.2) is 41.5 Å². The van der Waals surface area contributed by atoms with Crippen molar-refractivity contribution in [2.45, 2.75) is 0 Å². The second-order valence-corrected chi connectivity index (χ2v) is 3.94. The summed E-state index contributed by atoms with van der Waals surface area (Å²) >= 11 is 0. The minimum Gasteiger partial charge on any atom is -0.425 e. The number of nitrogens with one attached hydrogen (secondary N) is 1. The number of rotatable bonds is 2. The molecule has 0 aliphatic carbocycles. The topological polar surface area (TPSA) is 67.9 Å². The van der Waals surface area contributed by atoms with Crippen LogP contribution in [0, 0.1) is 11.6 Å². The van der Waals surface area contributed by atoms with Gasteiger partial charge in [-0.15, -0.1) is 0 Å². The van der Waals surface area contributed by atoms with Crippen LogP contribution in [0.4, 0.5) is 8.78 Å². The van der Waals surface area contributed by atoms with Crippen LogP contribution in [-0.2, 0) is 0 Å². The normalized spacial score (nSPS) is 10.7. The molecule has 2 heterocycles. The van der Waals surface area contributed by atoms with Gasteiger partial charge in [0.05, 0.1) is 17.1 Å². The molecular weight excluding hydrogens is 268 g/mol. The molecule has 100 valence electrons. The van der Waals surface area contributed by atoms with E-state index >= 15 is 0 Å². The van der Waals surface area contributed by atoms with E-state index in [-0.39, 0.29) is 11.8 Å². The molecule has 0 unspecified atom stereocenters. The van der Waals surface area contributed by atoms with Gasteiger partial charge in [-0.05, 0) is 18.2 Å². The molecule has 3 rings (SSSR count). The second-order valence-electron chi connectivity index (χ2n) is 3.94. The highest BCUT2D eigenvalue weighted by Crippen LogP contribution is 2.20. The van der Waals surface area contributed by atoms with Crippen molar-refractivity contribution in [3.05, 3.63) is 58.6 Å². The maximum absolute atomic E-state index is 13.1. The van der Waals surface area contributed by atoms with Crippen molar-refractivity contribution in [1.82, 2.24) is 15.0 Å². The van der Waals surface area contributed by atoms with Crippen LogP contribution in [0.5, 0.6) is 11.8 Å². The Morgan fingerprint density at radius 1 is 1.15 bits per heavy atom. The highest BCUT2D eigenvalue weighted by atomic mass is 19.2. The molecule has 0 amide bonds. The van der Waals surface area contributed by atoms with E-state index in [0.717, 1.165) is 12.1 Å². The standard InChI is InChI=1S/C13H7F2N3O2/c14-9-2-1-7(5-10(9)15)20-13-17-11-6-16-4-3-8(11)12(19)18-13/h1-6H,(H,17,18,19). The summed E-state index contributed by atoms with van der Waals surface area (Å²) in [7, 11) is 0. The Morgan fingerprint density at radius 2 is 2.00 bits per heavy atom. The van der Waals surface area contributed by atoms with Crippen molar-refractivity contribution >= 4 is 10.9 Å². The van der Waals surface area contributed by atoms with Gasteiger partial charge >= 0.3 is 6.01 Å². The van der Waals surface area contributed by atoms with E-state index in [9.17, 15) is 13.6 Å². The highest BCUT2D eigenvalue weighted by Gasteiger charge is 2.08. The summed E-state index contributed by atoms with van der Waals surface area (Å²) in [6.07, 6.45) is 2.87. The van der Waals surface area contributed by atoms with Gasteiger partial charge in [0.25, 0.3) is 5.56 Å². The number of fused-ring (bicyclic) bond motifs is 1. The van der Waals surface area contributed by atoms with E-state index in [0.29, 0.717) is 10.9 Å². The van der Waals surface area contributed by atoms with Gasteiger partial charge in [0, 0.05) is 12.3 Å². The van der Waals surface area contributed by atoms with Gasteiger partial charge in [-0.25, -0.2) is 8.78 Å². The quantitative estimate of drug-likeness (QED) is 0.779. The molecule has 0 saturated carbocycles. The monoisotopic (exact) mass is 275 g/mol. The van der Waals surface area contributed by atoms with Gasteiger partial charge in [-0.3, -0.25) is 14.8 Å². The summed E-state index contributed by atoms with van der Waals surface area (Å²) < 4.78 is 31.1. The van der Waals surface area contributed by atoms with E-state index < -0.39 is 17.2 Å².